The Bertz CT molecular complexity index is 1240. The molecule has 0 fully saturated rings. The standard InChI is InChI=1S/C22H19F5N4O2S/c1-2-34-18-10-15(33-19-5-3-4-7-28-19)12-31(32)20(18)16-9-14-6-8-30(17(14)11-29-16)13-21(23,24)22(25,26)27/h3-11,32H,2,12-13H2,1H3. The molecule has 3 aromatic heterocycles. The van der Waals surface area contributed by atoms with E-state index >= 15 is 0 Å². The molecule has 0 spiro atoms. The lowest BCUT2D eigenvalue weighted by atomic mass is 10.1. The number of hydrogen-bond acceptors (Lipinski definition) is 6. The summed E-state index contributed by atoms with van der Waals surface area (Å²) in [6.45, 7) is 0.373. The van der Waals surface area contributed by atoms with Crippen molar-refractivity contribution in [2.45, 2.75) is 25.6 Å². The maximum absolute atomic E-state index is 13.5. The van der Waals surface area contributed by atoms with E-state index in [1.54, 1.807) is 30.5 Å². The van der Waals surface area contributed by atoms with E-state index in [0.29, 0.717) is 39.1 Å². The molecule has 34 heavy (non-hydrogen) atoms. The number of fused-ring (bicyclic) bond motifs is 1. The number of ether oxygens (including phenoxy) is 1. The monoisotopic (exact) mass is 498 g/mol. The van der Waals surface area contributed by atoms with Crippen LogP contribution in [0.4, 0.5) is 22.0 Å². The predicted octanol–water partition coefficient (Wildman–Crippen LogP) is 5.72. The Labute approximate surface area is 195 Å². The van der Waals surface area contributed by atoms with Crippen molar-refractivity contribution in [2.75, 3.05) is 12.3 Å². The Morgan fingerprint density at radius 2 is 1.94 bits per heavy atom. The summed E-state index contributed by atoms with van der Waals surface area (Å²) in [6, 6.07) is 8.15. The summed E-state index contributed by atoms with van der Waals surface area (Å²) in [5, 5.41) is 12.1. The summed E-state index contributed by atoms with van der Waals surface area (Å²) in [6.07, 6.45) is 0.0486. The molecule has 4 heterocycles. The SMILES string of the molecule is CCSC1=C(c2cc3ccn(CC(F)(F)C(F)(F)F)c3cn2)N(O)CC(Oc2ccccn2)=C1. The molecule has 180 valence electrons. The molecule has 1 aliphatic heterocycles. The van der Waals surface area contributed by atoms with Gasteiger partial charge in [-0.05, 0) is 30.0 Å². The van der Waals surface area contributed by atoms with E-state index in [2.05, 4.69) is 9.97 Å². The van der Waals surface area contributed by atoms with Gasteiger partial charge in [0, 0.05) is 28.8 Å². The van der Waals surface area contributed by atoms with E-state index < -0.39 is 18.6 Å². The minimum atomic E-state index is -5.66. The number of thioether (sulfide) groups is 1. The highest BCUT2D eigenvalue weighted by Crippen LogP contribution is 2.38. The number of nitrogens with zero attached hydrogens (tertiary/aromatic N) is 4. The van der Waals surface area contributed by atoms with Crippen LogP contribution in [0.3, 0.4) is 0 Å². The number of pyridine rings is 2. The van der Waals surface area contributed by atoms with Crippen LogP contribution < -0.4 is 4.74 Å². The molecule has 0 saturated heterocycles. The number of hydroxylamine groups is 2. The first-order chi connectivity index (χ1) is 16.1. The van der Waals surface area contributed by atoms with Crippen molar-refractivity contribution >= 4 is 28.4 Å². The van der Waals surface area contributed by atoms with Gasteiger partial charge in [0.05, 0.1) is 24.0 Å². The third-order valence-corrected chi connectivity index (χ3v) is 5.86. The molecule has 0 bridgehead atoms. The van der Waals surface area contributed by atoms with Crippen LogP contribution in [0.5, 0.6) is 5.88 Å². The van der Waals surface area contributed by atoms with Crippen LogP contribution in [0.2, 0.25) is 0 Å². The van der Waals surface area contributed by atoms with Crippen molar-refractivity contribution in [3.8, 4) is 5.88 Å². The van der Waals surface area contributed by atoms with Gasteiger partial charge in [-0.15, -0.1) is 11.8 Å². The van der Waals surface area contributed by atoms with E-state index in [1.165, 1.54) is 30.1 Å². The fourth-order valence-corrected chi connectivity index (χ4v) is 4.27. The molecular formula is C22H19F5N4O2S. The largest absolute Gasteiger partial charge is 0.455 e. The second-order valence-electron chi connectivity index (χ2n) is 7.36. The topological polar surface area (TPSA) is 63.4 Å². The third-order valence-electron chi connectivity index (χ3n) is 4.95. The predicted molar refractivity (Wildman–Crippen MR) is 117 cm³/mol. The van der Waals surface area contributed by atoms with Crippen molar-refractivity contribution < 1.29 is 31.9 Å². The Morgan fingerprint density at radius 1 is 1.15 bits per heavy atom. The molecule has 12 heteroatoms. The molecule has 0 atom stereocenters. The van der Waals surface area contributed by atoms with Gasteiger partial charge in [0.15, 0.2) is 0 Å². The van der Waals surface area contributed by atoms with Crippen molar-refractivity contribution in [1.82, 2.24) is 19.6 Å². The summed E-state index contributed by atoms with van der Waals surface area (Å²) in [4.78, 5) is 8.99. The highest BCUT2D eigenvalue weighted by Gasteiger charge is 2.57. The van der Waals surface area contributed by atoms with Crippen molar-refractivity contribution in [2.24, 2.45) is 0 Å². The Morgan fingerprint density at radius 3 is 2.62 bits per heavy atom. The molecule has 3 aromatic rings. The third kappa shape index (κ3) is 4.87. The lowest BCUT2D eigenvalue weighted by molar-refractivity contribution is -0.286. The van der Waals surface area contributed by atoms with Crippen LogP contribution in [0.15, 0.2) is 65.7 Å². The summed E-state index contributed by atoms with van der Waals surface area (Å²) < 4.78 is 71.5. The smallest absolute Gasteiger partial charge is 0.441 e. The minimum absolute atomic E-state index is 0.00177. The summed E-state index contributed by atoms with van der Waals surface area (Å²) >= 11 is 1.43. The van der Waals surface area contributed by atoms with Crippen LogP contribution in [-0.2, 0) is 6.54 Å². The van der Waals surface area contributed by atoms with Gasteiger partial charge in [-0.3, -0.25) is 10.2 Å². The Kier molecular flexibility index (Phi) is 6.54. The quantitative estimate of drug-likeness (QED) is 0.421. The summed E-state index contributed by atoms with van der Waals surface area (Å²) in [5.74, 6) is -3.40. The van der Waals surface area contributed by atoms with Gasteiger partial charge >= 0.3 is 12.1 Å². The van der Waals surface area contributed by atoms with Gasteiger partial charge in [-0.25, -0.2) is 10.0 Å². The number of alkyl halides is 5. The minimum Gasteiger partial charge on any atom is -0.441 e. The van der Waals surface area contributed by atoms with Crippen molar-refractivity contribution in [1.29, 1.82) is 0 Å². The molecule has 0 unspecified atom stereocenters. The molecule has 0 amide bonds. The highest BCUT2D eigenvalue weighted by atomic mass is 32.2. The lowest BCUT2D eigenvalue weighted by Crippen LogP contribution is -2.40. The van der Waals surface area contributed by atoms with Crippen molar-refractivity contribution in [3.05, 3.63) is 71.4 Å². The van der Waals surface area contributed by atoms with Gasteiger partial charge in [-0.1, -0.05) is 13.0 Å². The molecule has 4 rings (SSSR count). The van der Waals surface area contributed by atoms with Gasteiger partial charge in [-0.2, -0.15) is 22.0 Å². The first-order valence-electron chi connectivity index (χ1n) is 10.1. The Balaban J connectivity index is 1.68. The fraction of sp³-hybridized carbons (Fsp3) is 0.273. The van der Waals surface area contributed by atoms with Crippen LogP contribution >= 0.6 is 11.8 Å². The van der Waals surface area contributed by atoms with Crippen LogP contribution in [0.1, 0.15) is 12.6 Å². The maximum atomic E-state index is 13.5. The summed E-state index contributed by atoms with van der Waals surface area (Å²) in [7, 11) is 0. The zero-order valence-electron chi connectivity index (χ0n) is 17.8. The highest BCUT2D eigenvalue weighted by molar-refractivity contribution is 8.03. The molecule has 0 saturated carbocycles. The lowest BCUT2D eigenvalue weighted by Gasteiger charge is -2.27. The number of rotatable bonds is 7. The average molecular weight is 498 g/mol. The molecule has 1 aliphatic rings. The molecule has 6 nitrogen and oxygen atoms in total. The number of hydrogen-bond donors (Lipinski definition) is 1. The zero-order valence-corrected chi connectivity index (χ0v) is 18.6. The number of aromatic nitrogens is 3. The number of halogens is 5. The molecule has 0 radical (unpaired) electrons. The number of allylic oxidation sites excluding steroid dienone is 1. The van der Waals surface area contributed by atoms with E-state index in [1.807, 2.05) is 6.92 Å². The van der Waals surface area contributed by atoms with E-state index in [4.69, 9.17) is 4.74 Å². The van der Waals surface area contributed by atoms with Crippen LogP contribution in [-0.4, -0.2) is 49.2 Å². The van der Waals surface area contributed by atoms with Crippen LogP contribution in [0.25, 0.3) is 16.6 Å². The van der Waals surface area contributed by atoms with E-state index in [9.17, 15) is 27.2 Å². The average Bonchev–Trinajstić information content (AvgIpc) is 3.15. The van der Waals surface area contributed by atoms with Crippen LogP contribution in [0, 0.1) is 0 Å². The first-order valence-corrected chi connectivity index (χ1v) is 11.1. The van der Waals surface area contributed by atoms with E-state index in [0.717, 1.165) is 15.8 Å². The van der Waals surface area contributed by atoms with Gasteiger partial charge < -0.3 is 9.30 Å². The maximum Gasteiger partial charge on any atom is 0.455 e. The fourth-order valence-electron chi connectivity index (χ4n) is 3.40. The second-order valence-corrected chi connectivity index (χ2v) is 8.66. The summed E-state index contributed by atoms with van der Waals surface area (Å²) in [5.41, 5.74) is 0.822. The molecule has 0 aromatic carbocycles. The Hall–Kier alpha value is -3.12. The molecular weight excluding hydrogens is 479 g/mol. The normalized spacial score (nSPS) is 15.1. The zero-order chi connectivity index (χ0) is 24.5. The van der Waals surface area contributed by atoms with Gasteiger partial charge in [0.2, 0.25) is 5.88 Å². The second kappa shape index (κ2) is 9.26. The van der Waals surface area contributed by atoms with Gasteiger partial charge in [0.1, 0.15) is 18.0 Å². The first kappa shape index (κ1) is 24.0. The molecule has 1 N–H and O–H groups in total. The van der Waals surface area contributed by atoms with Gasteiger partial charge in [0.25, 0.3) is 0 Å². The van der Waals surface area contributed by atoms with E-state index in [-0.39, 0.29) is 12.1 Å². The molecule has 0 aliphatic carbocycles. The van der Waals surface area contributed by atoms with Crippen molar-refractivity contribution in [3.63, 3.8) is 0 Å².